The van der Waals surface area contributed by atoms with Crippen molar-refractivity contribution in [2.45, 2.75) is 0 Å². The summed E-state index contributed by atoms with van der Waals surface area (Å²) in [4.78, 5) is 27.0. The molecule has 0 radical (unpaired) electrons. The van der Waals surface area contributed by atoms with Crippen LogP contribution in [0.5, 0.6) is 0 Å². The van der Waals surface area contributed by atoms with Crippen LogP contribution in [-0.2, 0) is 0 Å². The highest BCUT2D eigenvalue weighted by Crippen LogP contribution is 2.32. The fourth-order valence-electron chi connectivity index (χ4n) is 2.80. The summed E-state index contributed by atoms with van der Waals surface area (Å²) >= 11 is 11.7. The molecule has 0 spiro atoms. The number of nitro benzene ring substituents is 1. The predicted molar refractivity (Wildman–Crippen MR) is 110 cm³/mol. The van der Waals surface area contributed by atoms with Crippen molar-refractivity contribution in [3.63, 3.8) is 0 Å². The van der Waals surface area contributed by atoms with Crippen molar-refractivity contribution in [1.82, 2.24) is 4.98 Å². The van der Waals surface area contributed by atoms with Gasteiger partial charge in [0.05, 0.1) is 15.5 Å². The van der Waals surface area contributed by atoms with Gasteiger partial charge in [-0.2, -0.15) is 0 Å². The number of nitrogens with one attached hydrogen (secondary N) is 1. The Morgan fingerprint density at radius 3 is 2.52 bits per heavy atom. The van der Waals surface area contributed by atoms with Crippen molar-refractivity contribution in [2.24, 2.45) is 0 Å². The van der Waals surface area contributed by atoms with Crippen LogP contribution in [0.3, 0.4) is 0 Å². The van der Waals surface area contributed by atoms with Crippen LogP contribution >= 0.6 is 23.2 Å². The van der Waals surface area contributed by atoms with Crippen molar-refractivity contribution < 1.29 is 22.9 Å². The molecule has 0 atom stereocenters. The summed E-state index contributed by atoms with van der Waals surface area (Å²) in [5, 5.41) is 13.4. The lowest BCUT2D eigenvalue weighted by molar-refractivity contribution is -0.384. The minimum atomic E-state index is -1.10. The van der Waals surface area contributed by atoms with E-state index in [0.29, 0.717) is 16.8 Å². The number of hydrogen-bond donors (Lipinski definition) is 1. The second kappa shape index (κ2) is 7.93. The van der Waals surface area contributed by atoms with Gasteiger partial charge in [0.1, 0.15) is 10.5 Å². The van der Waals surface area contributed by atoms with Crippen LogP contribution in [0.4, 0.5) is 20.2 Å². The van der Waals surface area contributed by atoms with E-state index in [1.165, 1.54) is 30.3 Å². The van der Waals surface area contributed by atoms with Crippen molar-refractivity contribution in [3.8, 4) is 11.5 Å². The van der Waals surface area contributed by atoms with Crippen LogP contribution in [0.15, 0.2) is 52.9 Å². The van der Waals surface area contributed by atoms with E-state index in [9.17, 15) is 23.7 Å². The van der Waals surface area contributed by atoms with Gasteiger partial charge in [-0.15, -0.1) is 0 Å². The molecule has 0 aliphatic heterocycles. The van der Waals surface area contributed by atoms with E-state index in [-0.39, 0.29) is 27.1 Å². The first kappa shape index (κ1) is 20.7. The summed E-state index contributed by atoms with van der Waals surface area (Å²) in [6.45, 7) is 0. The number of nitro groups is 1. The number of amides is 1. The molecule has 0 saturated heterocycles. The molecule has 1 amide bonds. The summed E-state index contributed by atoms with van der Waals surface area (Å²) in [7, 11) is 0. The number of fused-ring (bicyclic) bond motifs is 1. The molecular formula is C20H9Cl2F2N3O4. The van der Waals surface area contributed by atoms with Crippen LogP contribution in [0.2, 0.25) is 10.0 Å². The molecular weight excluding hydrogens is 455 g/mol. The Balaban J connectivity index is 1.63. The van der Waals surface area contributed by atoms with Gasteiger partial charge < -0.3 is 9.73 Å². The summed E-state index contributed by atoms with van der Waals surface area (Å²) in [6.07, 6.45) is 0. The molecule has 0 aliphatic carbocycles. The van der Waals surface area contributed by atoms with Crippen LogP contribution in [0.1, 0.15) is 10.4 Å². The first-order chi connectivity index (χ1) is 14.7. The van der Waals surface area contributed by atoms with E-state index in [1.807, 2.05) is 0 Å². The van der Waals surface area contributed by atoms with Gasteiger partial charge in [0.2, 0.25) is 5.89 Å². The SMILES string of the molecule is O=C(Nc1ccc2oc(-c3cc(F)c(F)cc3Cl)nc2c1)c1ccc(Cl)c([N+](=O)[O-])c1. The van der Waals surface area contributed by atoms with E-state index in [1.54, 1.807) is 0 Å². The minimum absolute atomic E-state index is 0.0318. The number of oxazole rings is 1. The zero-order valence-corrected chi connectivity index (χ0v) is 16.7. The second-order valence-corrected chi connectivity index (χ2v) is 7.14. The number of carbonyl (C=O) groups excluding carboxylic acids is 1. The summed E-state index contributed by atoms with van der Waals surface area (Å²) < 4.78 is 32.4. The smallest absolute Gasteiger partial charge is 0.288 e. The third kappa shape index (κ3) is 4.05. The third-order valence-electron chi connectivity index (χ3n) is 4.29. The predicted octanol–water partition coefficient (Wildman–Crippen LogP) is 6.24. The third-order valence-corrected chi connectivity index (χ3v) is 4.92. The highest BCUT2D eigenvalue weighted by molar-refractivity contribution is 6.33. The number of rotatable bonds is 4. The van der Waals surface area contributed by atoms with Crippen LogP contribution in [0, 0.1) is 21.7 Å². The number of halogens is 4. The van der Waals surface area contributed by atoms with Gasteiger partial charge in [-0.3, -0.25) is 14.9 Å². The molecule has 1 heterocycles. The Morgan fingerprint density at radius 2 is 1.77 bits per heavy atom. The van der Waals surface area contributed by atoms with Crippen molar-refractivity contribution in [1.29, 1.82) is 0 Å². The van der Waals surface area contributed by atoms with Gasteiger partial charge in [-0.1, -0.05) is 23.2 Å². The van der Waals surface area contributed by atoms with Crippen LogP contribution < -0.4 is 5.32 Å². The van der Waals surface area contributed by atoms with Gasteiger partial charge in [0.25, 0.3) is 11.6 Å². The zero-order chi connectivity index (χ0) is 22.3. The fourth-order valence-corrected chi connectivity index (χ4v) is 3.22. The maximum absolute atomic E-state index is 13.6. The zero-order valence-electron chi connectivity index (χ0n) is 15.2. The van der Waals surface area contributed by atoms with Crippen molar-refractivity contribution in [2.75, 3.05) is 5.32 Å². The lowest BCUT2D eigenvalue weighted by Gasteiger charge is -2.05. The van der Waals surface area contributed by atoms with Gasteiger partial charge >= 0.3 is 0 Å². The van der Waals surface area contributed by atoms with Gasteiger partial charge in [0.15, 0.2) is 17.2 Å². The lowest BCUT2D eigenvalue weighted by Crippen LogP contribution is -2.12. The normalized spacial score (nSPS) is 11.0. The average Bonchev–Trinajstić information content (AvgIpc) is 3.13. The lowest BCUT2D eigenvalue weighted by atomic mass is 10.2. The molecule has 1 N–H and O–H groups in total. The van der Waals surface area contributed by atoms with Crippen LogP contribution in [-0.4, -0.2) is 15.8 Å². The molecule has 4 aromatic rings. The second-order valence-electron chi connectivity index (χ2n) is 6.33. The van der Waals surface area contributed by atoms with E-state index in [0.717, 1.165) is 18.2 Å². The molecule has 0 saturated carbocycles. The summed E-state index contributed by atoms with van der Waals surface area (Å²) in [5.74, 6) is -2.84. The molecule has 11 heteroatoms. The molecule has 3 aromatic carbocycles. The number of benzene rings is 3. The highest BCUT2D eigenvalue weighted by Gasteiger charge is 2.18. The maximum atomic E-state index is 13.6. The molecule has 1 aromatic heterocycles. The van der Waals surface area contributed by atoms with Gasteiger partial charge in [0, 0.05) is 17.3 Å². The van der Waals surface area contributed by atoms with E-state index >= 15 is 0 Å². The van der Waals surface area contributed by atoms with Crippen molar-refractivity contribution in [3.05, 3.63) is 85.9 Å². The van der Waals surface area contributed by atoms with E-state index in [4.69, 9.17) is 27.6 Å². The van der Waals surface area contributed by atoms with Gasteiger partial charge in [-0.25, -0.2) is 13.8 Å². The quantitative estimate of drug-likeness (QED) is 0.219. The first-order valence-corrected chi connectivity index (χ1v) is 9.29. The molecule has 4 rings (SSSR count). The molecule has 7 nitrogen and oxygen atoms in total. The minimum Gasteiger partial charge on any atom is -0.436 e. The molecule has 0 fully saturated rings. The number of anilines is 1. The van der Waals surface area contributed by atoms with Crippen LogP contribution in [0.25, 0.3) is 22.6 Å². The van der Waals surface area contributed by atoms with Crippen molar-refractivity contribution >= 4 is 51.6 Å². The standard InChI is InChI=1S/C20H9Cl2F2N3O4/c21-12-3-1-9(5-17(12)27(29)30)19(28)25-10-2-4-18-16(6-10)26-20(31-18)11-7-14(23)15(24)8-13(11)22/h1-8H,(H,25,28). The number of carbonyl (C=O) groups is 1. The molecule has 31 heavy (non-hydrogen) atoms. The topological polar surface area (TPSA) is 98.3 Å². The highest BCUT2D eigenvalue weighted by atomic mass is 35.5. The Kier molecular flexibility index (Phi) is 5.30. The molecule has 0 aliphatic rings. The van der Waals surface area contributed by atoms with Gasteiger partial charge in [-0.05, 0) is 42.5 Å². The average molecular weight is 464 g/mol. The van der Waals surface area contributed by atoms with E-state index < -0.39 is 28.2 Å². The first-order valence-electron chi connectivity index (χ1n) is 8.54. The molecule has 156 valence electrons. The van der Waals surface area contributed by atoms with E-state index in [2.05, 4.69) is 10.3 Å². The Hall–Kier alpha value is -3.56. The summed E-state index contributed by atoms with van der Waals surface area (Å²) in [5.41, 5.74) is 0.661. The number of hydrogen-bond acceptors (Lipinski definition) is 5. The Labute approximate surface area is 182 Å². The summed E-state index contributed by atoms with van der Waals surface area (Å²) in [6, 6.07) is 9.88. The largest absolute Gasteiger partial charge is 0.436 e. The Bertz CT molecular complexity index is 1370. The fraction of sp³-hybridized carbons (Fsp3) is 0. The Morgan fingerprint density at radius 1 is 1.03 bits per heavy atom. The molecule has 0 bridgehead atoms. The molecule has 0 unspecified atom stereocenters. The maximum Gasteiger partial charge on any atom is 0.288 e. The number of nitrogens with zero attached hydrogens (tertiary/aromatic N) is 2. The number of aromatic nitrogens is 1. The monoisotopic (exact) mass is 463 g/mol.